The van der Waals surface area contributed by atoms with Gasteiger partial charge in [0, 0.05) is 36.7 Å². The molecule has 1 amide bonds. The lowest BCUT2D eigenvalue weighted by Gasteiger charge is -2.30. The van der Waals surface area contributed by atoms with Crippen LogP contribution in [0.3, 0.4) is 0 Å². The minimum atomic E-state index is -0.292. The van der Waals surface area contributed by atoms with Crippen LogP contribution in [0.15, 0.2) is 61.4 Å². The molecule has 0 unspecified atom stereocenters. The lowest BCUT2D eigenvalue weighted by Crippen LogP contribution is -2.37. The number of fused-ring (bicyclic) bond motifs is 2. The molecule has 2 aliphatic rings. The van der Waals surface area contributed by atoms with Crippen LogP contribution in [0.2, 0.25) is 0 Å². The zero-order chi connectivity index (χ0) is 21.9. The van der Waals surface area contributed by atoms with E-state index < -0.39 is 0 Å². The van der Waals surface area contributed by atoms with E-state index in [1.807, 2.05) is 36.5 Å². The molecule has 2 aromatic heterocycles. The molecular formula is C24H23N5O3. The number of morpholine rings is 1. The SMILES string of the molecule is C=CC(=O)Nc1ccc(-c2ccc3c(c2)Nc2nccc(N4CCOCC4)c2CO3)cn1. The summed E-state index contributed by atoms with van der Waals surface area (Å²) in [7, 11) is 0. The topological polar surface area (TPSA) is 88.6 Å². The summed E-state index contributed by atoms with van der Waals surface area (Å²) in [5.41, 5.74) is 4.90. The first-order valence-corrected chi connectivity index (χ1v) is 10.5. The second-order valence-corrected chi connectivity index (χ2v) is 7.51. The van der Waals surface area contributed by atoms with Gasteiger partial charge in [0.1, 0.15) is 24.0 Å². The lowest BCUT2D eigenvalue weighted by molar-refractivity contribution is -0.111. The van der Waals surface area contributed by atoms with Gasteiger partial charge < -0.3 is 25.0 Å². The summed E-state index contributed by atoms with van der Waals surface area (Å²) in [6.07, 6.45) is 4.76. The van der Waals surface area contributed by atoms with E-state index in [1.165, 1.54) is 6.08 Å². The van der Waals surface area contributed by atoms with E-state index in [1.54, 1.807) is 12.3 Å². The molecule has 3 aromatic rings. The molecule has 0 spiro atoms. The van der Waals surface area contributed by atoms with Gasteiger partial charge in [0.2, 0.25) is 5.91 Å². The summed E-state index contributed by atoms with van der Waals surface area (Å²) in [5.74, 6) is 1.75. The Labute approximate surface area is 185 Å². The number of nitrogens with one attached hydrogen (secondary N) is 2. The summed E-state index contributed by atoms with van der Waals surface area (Å²) >= 11 is 0. The number of pyridine rings is 2. The van der Waals surface area contributed by atoms with E-state index in [2.05, 4.69) is 32.1 Å². The van der Waals surface area contributed by atoms with Crippen LogP contribution in [0, 0.1) is 0 Å². The number of carbonyl (C=O) groups is 1. The number of anilines is 4. The number of amides is 1. The van der Waals surface area contributed by atoms with Crippen LogP contribution in [0.4, 0.5) is 23.0 Å². The zero-order valence-electron chi connectivity index (χ0n) is 17.5. The van der Waals surface area contributed by atoms with Crippen molar-refractivity contribution in [2.24, 2.45) is 0 Å². The molecule has 0 saturated carbocycles. The molecule has 0 aliphatic carbocycles. The standard InChI is InChI=1S/C24H23N5O3/c1-2-23(30)28-22-6-4-17(14-26-22)16-3-5-21-19(13-16)27-24-18(15-32-21)20(7-8-25-24)29-9-11-31-12-10-29/h2-8,13-14H,1,9-12,15H2,(H,25,27)(H,26,28,30). The smallest absolute Gasteiger partial charge is 0.248 e. The normalized spacial score (nSPS) is 14.8. The molecule has 1 aromatic carbocycles. The molecule has 162 valence electrons. The fourth-order valence-corrected chi connectivity index (χ4v) is 3.86. The fraction of sp³-hybridized carbons (Fsp3) is 0.208. The third-order valence-corrected chi connectivity index (χ3v) is 5.52. The number of benzene rings is 1. The molecule has 1 fully saturated rings. The highest BCUT2D eigenvalue weighted by Gasteiger charge is 2.22. The van der Waals surface area contributed by atoms with Gasteiger partial charge in [0.05, 0.1) is 24.5 Å². The van der Waals surface area contributed by atoms with Crippen molar-refractivity contribution >= 4 is 28.9 Å². The first-order valence-electron chi connectivity index (χ1n) is 10.5. The van der Waals surface area contributed by atoms with Crippen LogP contribution in [0.25, 0.3) is 11.1 Å². The highest BCUT2D eigenvalue weighted by Crippen LogP contribution is 2.39. The molecule has 0 radical (unpaired) electrons. The van der Waals surface area contributed by atoms with E-state index in [0.29, 0.717) is 12.4 Å². The molecule has 5 rings (SSSR count). The van der Waals surface area contributed by atoms with Gasteiger partial charge in [-0.15, -0.1) is 0 Å². The average molecular weight is 429 g/mol. The average Bonchev–Trinajstić information content (AvgIpc) is 3.03. The predicted molar refractivity (Wildman–Crippen MR) is 123 cm³/mol. The number of nitrogens with zero attached hydrogens (tertiary/aromatic N) is 3. The van der Waals surface area contributed by atoms with Crippen LogP contribution < -0.4 is 20.3 Å². The molecule has 0 atom stereocenters. The number of aromatic nitrogens is 2. The molecule has 8 heteroatoms. The Bertz CT molecular complexity index is 1160. The molecule has 2 N–H and O–H groups in total. The van der Waals surface area contributed by atoms with Crippen molar-refractivity contribution in [1.82, 2.24) is 9.97 Å². The van der Waals surface area contributed by atoms with Crippen molar-refractivity contribution in [3.8, 4) is 16.9 Å². The van der Waals surface area contributed by atoms with Gasteiger partial charge in [-0.3, -0.25) is 4.79 Å². The van der Waals surface area contributed by atoms with Crippen LogP contribution >= 0.6 is 0 Å². The van der Waals surface area contributed by atoms with Gasteiger partial charge in [-0.05, 0) is 42.0 Å². The van der Waals surface area contributed by atoms with Gasteiger partial charge in [0.25, 0.3) is 0 Å². The summed E-state index contributed by atoms with van der Waals surface area (Å²) in [6.45, 7) is 7.03. The maximum absolute atomic E-state index is 11.4. The van der Waals surface area contributed by atoms with Crippen molar-refractivity contribution in [2.45, 2.75) is 6.61 Å². The predicted octanol–water partition coefficient (Wildman–Crippen LogP) is 3.74. The largest absolute Gasteiger partial charge is 0.487 e. The van der Waals surface area contributed by atoms with E-state index in [9.17, 15) is 4.79 Å². The monoisotopic (exact) mass is 429 g/mol. The third-order valence-electron chi connectivity index (χ3n) is 5.52. The second kappa shape index (κ2) is 8.68. The summed E-state index contributed by atoms with van der Waals surface area (Å²) in [5, 5.41) is 6.11. The number of rotatable bonds is 4. The highest BCUT2D eigenvalue weighted by molar-refractivity contribution is 5.98. The van der Waals surface area contributed by atoms with E-state index in [-0.39, 0.29) is 5.91 Å². The van der Waals surface area contributed by atoms with Crippen LogP contribution in [0.5, 0.6) is 5.75 Å². The lowest BCUT2D eigenvalue weighted by atomic mass is 10.1. The van der Waals surface area contributed by atoms with E-state index in [0.717, 1.165) is 65.9 Å². The molecule has 4 heterocycles. The van der Waals surface area contributed by atoms with Crippen LogP contribution in [-0.4, -0.2) is 42.2 Å². The maximum atomic E-state index is 11.4. The second-order valence-electron chi connectivity index (χ2n) is 7.51. The maximum Gasteiger partial charge on any atom is 0.248 e. The molecule has 0 bridgehead atoms. The quantitative estimate of drug-likeness (QED) is 0.611. The fourth-order valence-electron chi connectivity index (χ4n) is 3.86. The Morgan fingerprint density at radius 2 is 1.97 bits per heavy atom. The molecular weight excluding hydrogens is 406 g/mol. The van der Waals surface area contributed by atoms with Crippen molar-refractivity contribution in [3.05, 3.63) is 67.0 Å². The zero-order valence-corrected chi connectivity index (χ0v) is 17.5. The number of hydrogen-bond donors (Lipinski definition) is 2. The summed E-state index contributed by atoms with van der Waals surface area (Å²) in [4.78, 5) is 22.6. The van der Waals surface area contributed by atoms with E-state index >= 15 is 0 Å². The molecule has 1 saturated heterocycles. The van der Waals surface area contributed by atoms with Crippen LogP contribution in [0.1, 0.15) is 5.56 Å². The Morgan fingerprint density at radius 1 is 1.12 bits per heavy atom. The van der Waals surface area contributed by atoms with Gasteiger partial charge in [-0.2, -0.15) is 0 Å². The highest BCUT2D eigenvalue weighted by atomic mass is 16.5. The van der Waals surface area contributed by atoms with Crippen molar-refractivity contribution in [2.75, 3.05) is 41.8 Å². The summed E-state index contributed by atoms with van der Waals surface area (Å²) < 4.78 is 11.6. The van der Waals surface area contributed by atoms with Crippen molar-refractivity contribution in [3.63, 3.8) is 0 Å². The van der Waals surface area contributed by atoms with Crippen molar-refractivity contribution in [1.29, 1.82) is 0 Å². The Kier molecular flexibility index (Phi) is 5.43. The minimum absolute atomic E-state index is 0.292. The Hall–Kier alpha value is -3.91. The first-order chi connectivity index (χ1) is 15.7. The molecule has 32 heavy (non-hydrogen) atoms. The number of carbonyl (C=O) groups excluding carboxylic acids is 1. The summed E-state index contributed by atoms with van der Waals surface area (Å²) in [6, 6.07) is 11.7. The molecule has 2 aliphatic heterocycles. The first kappa shape index (κ1) is 20.0. The third kappa shape index (κ3) is 4.00. The van der Waals surface area contributed by atoms with Crippen molar-refractivity contribution < 1.29 is 14.3 Å². The number of hydrogen-bond acceptors (Lipinski definition) is 7. The molecule has 8 nitrogen and oxygen atoms in total. The van der Waals surface area contributed by atoms with Crippen LogP contribution in [-0.2, 0) is 16.1 Å². The van der Waals surface area contributed by atoms with Gasteiger partial charge in [0.15, 0.2) is 0 Å². The Morgan fingerprint density at radius 3 is 2.75 bits per heavy atom. The van der Waals surface area contributed by atoms with Gasteiger partial charge in [-0.1, -0.05) is 12.6 Å². The van der Waals surface area contributed by atoms with Gasteiger partial charge in [-0.25, -0.2) is 9.97 Å². The van der Waals surface area contributed by atoms with E-state index in [4.69, 9.17) is 9.47 Å². The van der Waals surface area contributed by atoms with Gasteiger partial charge >= 0.3 is 0 Å². The minimum Gasteiger partial charge on any atom is -0.487 e. The number of ether oxygens (including phenoxy) is 2. The Balaban J connectivity index is 1.42.